The van der Waals surface area contributed by atoms with Gasteiger partial charge in [-0.25, -0.2) is 4.68 Å². The molecule has 0 spiro atoms. The van der Waals surface area contributed by atoms with E-state index in [-0.39, 0.29) is 5.78 Å². The molecule has 0 radical (unpaired) electrons. The molecule has 2 rings (SSSR count). The molecule has 1 aromatic heterocycles. The van der Waals surface area contributed by atoms with Crippen molar-refractivity contribution in [2.75, 3.05) is 47.8 Å². The van der Waals surface area contributed by atoms with Crippen molar-refractivity contribution in [3.05, 3.63) is 41.7 Å². The van der Waals surface area contributed by atoms with E-state index in [0.29, 0.717) is 11.0 Å². The molecular weight excluding hydrogens is 374 g/mol. The van der Waals surface area contributed by atoms with Gasteiger partial charge >= 0.3 is 0 Å². The van der Waals surface area contributed by atoms with Crippen molar-refractivity contribution in [3.8, 4) is 5.69 Å². The zero-order chi connectivity index (χ0) is 22.0. The molecule has 2 aromatic rings. The van der Waals surface area contributed by atoms with Crippen molar-refractivity contribution in [2.45, 2.75) is 51.9 Å². The largest absolute Gasteiger partial charge is 0.321 e. The minimum atomic E-state index is 0.174. The average molecular weight is 415 g/mol. The molecule has 6 heteroatoms. The predicted molar refractivity (Wildman–Crippen MR) is 123 cm³/mol. The Kier molecular flexibility index (Phi) is 9.66. The lowest BCUT2D eigenvalue weighted by Gasteiger charge is -2.30. The predicted octanol–water partition coefficient (Wildman–Crippen LogP) is 3.99. The maximum absolute atomic E-state index is 12.7. The van der Waals surface area contributed by atoms with Crippen LogP contribution >= 0.6 is 0 Å². The molecule has 1 heterocycles. The first-order valence-electron chi connectivity index (χ1n) is 11.3. The van der Waals surface area contributed by atoms with Gasteiger partial charge in [0, 0.05) is 12.1 Å². The summed E-state index contributed by atoms with van der Waals surface area (Å²) in [5, 5.41) is 8.57. The monoisotopic (exact) mass is 414 g/mol. The summed E-state index contributed by atoms with van der Waals surface area (Å²) in [4.78, 5) is 14.9. The van der Waals surface area contributed by atoms with Gasteiger partial charge in [0.05, 0.1) is 38.2 Å². The molecule has 30 heavy (non-hydrogen) atoms. The Bertz CT molecular complexity index is 764. The van der Waals surface area contributed by atoms with Crippen LogP contribution in [0.3, 0.4) is 0 Å². The lowest BCUT2D eigenvalue weighted by Crippen LogP contribution is -2.47. The van der Waals surface area contributed by atoms with E-state index in [9.17, 15) is 4.79 Å². The third-order valence-electron chi connectivity index (χ3n) is 5.51. The van der Waals surface area contributed by atoms with Crippen LogP contribution in [-0.2, 0) is 6.42 Å². The van der Waals surface area contributed by atoms with Crippen molar-refractivity contribution < 1.29 is 9.28 Å². The second-order valence-electron chi connectivity index (χ2n) is 9.26. The minimum absolute atomic E-state index is 0.174. The van der Waals surface area contributed by atoms with Crippen LogP contribution in [0.5, 0.6) is 0 Å². The summed E-state index contributed by atoms with van der Waals surface area (Å²) >= 11 is 0. The van der Waals surface area contributed by atoms with E-state index in [0.717, 1.165) is 42.9 Å². The molecule has 0 amide bonds. The van der Waals surface area contributed by atoms with Gasteiger partial charge in [0.25, 0.3) is 0 Å². The molecule has 0 bridgehead atoms. The lowest BCUT2D eigenvalue weighted by atomic mass is 10.1. The summed E-state index contributed by atoms with van der Waals surface area (Å²) in [5.74, 6) is 0.174. The zero-order valence-corrected chi connectivity index (χ0v) is 19.6. The van der Waals surface area contributed by atoms with Gasteiger partial charge in [-0.1, -0.05) is 44.2 Å². The molecule has 6 nitrogen and oxygen atoms in total. The fourth-order valence-corrected chi connectivity index (χ4v) is 3.46. The molecular formula is C24H40N5O+. The first kappa shape index (κ1) is 24.2. The number of rotatable bonds is 14. The highest BCUT2D eigenvalue weighted by Crippen LogP contribution is 2.13. The van der Waals surface area contributed by atoms with E-state index < -0.39 is 0 Å². The molecule has 0 saturated heterocycles. The average Bonchev–Trinajstić information content (AvgIpc) is 3.18. The summed E-state index contributed by atoms with van der Waals surface area (Å²) < 4.78 is 2.49. The molecule has 0 N–H and O–H groups in total. The molecule has 0 saturated carbocycles. The molecule has 166 valence electrons. The van der Waals surface area contributed by atoms with Crippen LogP contribution < -0.4 is 0 Å². The molecule has 0 aliphatic heterocycles. The van der Waals surface area contributed by atoms with Gasteiger partial charge in [0.2, 0.25) is 5.78 Å². The molecule has 0 unspecified atom stereocenters. The Morgan fingerprint density at radius 1 is 1.03 bits per heavy atom. The van der Waals surface area contributed by atoms with Crippen LogP contribution in [0.25, 0.3) is 5.69 Å². The normalized spacial score (nSPS) is 11.9. The third kappa shape index (κ3) is 8.36. The summed E-state index contributed by atoms with van der Waals surface area (Å²) in [5.41, 5.74) is 2.72. The van der Waals surface area contributed by atoms with Gasteiger partial charge in [-0.15, -0.1) is 5.10 Å². The number of unbranched alkanes of at least 4 members (excludes halogenated alkanes) is 5. The molecule has 0 fully saturated rings. The number of Topliss-reactive ketones (excluding diaryl/α,β-unsaturated/α-hetero) is 1. The number of benzene rings is 1. The Hall–Kier alpha value is -2.05. The van der Waals surface area contributed by atoms with Gasteiger partial charge in [0.1, 0.15) is 6.54 Å². The van der Waals surface area contributed by atoms with Gasteiger partial charge in [-0.05, 0) is 51.2 Å². The van der Waals surface area contributed by atoms with Crippen LogP contribution in [0, 0.1) is 0 Å². The number of nitrogens with zero attached hydrogens (tertiary/aromatic N) is 5. The Balaban J connectivity index is 1.86. The summed E-state index contributed by atoms with van der Waals surface area (Å²) in [6.45, 7) is 4.65. The van der Waals surface area contributed by atoms with Crippen molar-refractivity contribution >= 4 is 5.78 Å². The van der Waals surface area contributed by atoms with Gasteiger partial charge in [0.15, 0.2) is 0 Å². The second kappa shape index (κ2) is 12.0. The van der Waals surface area contributed by atoms with Gasteiger partial charge < -0.3 is 9.38 Å². The third-order valence-corrected chi connectivity index (χ3v) is 5.51. The zero-order valence-electron chi connectivity index (χ0n) is 19.6. The van der Waals surface area contributed by atoms with E-state index in [1.807, 2.05) is 30.5 Å². The van der Waals surface area contributed by atoms with Crippen LogP contribution in [0.2, 0.25) is 0 Å². The van der Waals surface area contributed by atoms with E-state index in [2.05, 4.69) is 50.3 Å². The van der Waals surface area contributed by atoms with E-state index in [1.54, 1.807) is 4.68 Å². The number of hydrogen-bond acceptors (Lipinski definition) is 4. The SMILES string of the molecule is CCCCCCCCc1cn(-c2ccc(C(=O)C[N+](C)(C)CCN(C)C)cc2)nn1. The maximum atomic E-state index is 12.7. The van der Waals surface area contributed by atoms with Crippen molar-refractivity contribution in [1.29, 1.82) is 0 Å². The van der Waals surface area contributed by atoms with Crippen molar-refractivity contribution in [2.24, 2.45) is 0 Å². The standard InChI is InChI=1S/C24H40N5O/c1-6-7-8-9-10-11-12-22-19-28(26-25-22)23-15-13-21(14-16-23)24(30)20-29(4,5)18-17-27(2)3/h13-16,19H,6-12,17-18,20H2,1-5H3/q+1. The summed E-state index contributed by atoms with van der Waals surface area (Å²) in [6, 6.07) is 7.71. The molecule has 0 aliphatic carbocycles. The fourth-order valence-electron chi connectivity index (χ4n) is 3.46. The number of quaternary nitrogens is 1. The van der Waals surface area contributed by atoms with E-state index in [4.69, 9.17) is 0 Å². The fraction of sp³-hybridized carbons (Fsp3) is 0.625. The summed E-state index contributed by atoms with van der Waals surface area (Å²) in [7, 11) is 8.33. The highest BCUT2D eigenvalue weighted by atomic mass is 16.1. The van der Waals surface area contributed by atoms with Crippen LogP contribution in [0.15, 0.2) is 30.5 Å². The molecule has 1 aromatic carbocycles. The number of aromatic nitrogens is 3. The van der Waals surface area contributed by atoms with Gasteiger partial charge in [-0.3, -0.25) is 4.79 Å². The van der Waals surface area contributed by atoms with Gasteiger partial charge in [-0.2, -0.15) is 0 Å². The highest BCUT2D eigenvalue weighted by Gasteiger charge is 2.21. The number of hydrogen-bond donors (Lipinski definition) is 0. The van der Waals surface area contributed by atoms with E-state index in [1.165, 1.54) is 32.1 Å². The molecule has 0 aliphatic rings. The first-order chi connectivity index (χ1) is 14.3. The van der Waals surface area contributed by atoms with Crippen LogP contribution in [-0.4, -0.2) is 78.0 Å². The number of aryl methyl sites for hydroxylation is 1. The lowest BCUT2D eigenvalue weighted by molar-refractivity contribution is -0.881. The summed E-state index contributed by atoms with van der Waals surface area (Å²) in [6.07, 6.45) is 10.7. The second-order valence-corrected chi connectivity index (χ2v) is 9.26. The van der Waals surface area contributed by atoms with Crippen molar-refractivity contribution in [3.63, 3.8) is 0 Å². The Labute approximate surface area is 182 Å². The number of ketones is 1. The number of likely N-dealkylation sites (N-methyl/N-ethyl adjacent to an activating group) is 2. The maximum Gasteiger partial charge on any atom is 0.216 e. The van der Waals surface area contributed by atoms with Crippen LogP contribution in [0.1, 0.15) is 61.5 Å². The van der Waals surface area contributed by atoms with Crippen molar-refractivity contribution in [1.82, 2.24) is 19.9 Å². The smallest absolute Gasteiger partial charge is 0.216 e. The minimum Gasteiger partial charge on any atom is -0.321 e. The van der Waals surface area contributed by atoms with Crippen LogP contribution in [0.4, 0.5) is 0 Å². The number of carbonyl (C=O) groups excluding carboxylic acids is 1. The molecule has 0 atom stereocenters. The Morgan fingerprint density at radius 3 is 2.37 bits per heavy atom. The quantitative estimate of drug-likeness (QED) is 0.266. The first-order valence-corrected chi connectivity index (χ1v) is 11.3. The van der Waals surface area contributed by atoms with E-state index >= 15 is 0 Å². The highest BCUT2D eigenvalue weighted by molar-refractivity contribution is 5.97. The topological polar surface area (TPSA) is 51.0 Å². The number of carbonyl (C=O) groups is 1. The Morgan fingerprint density at radius 2 is 1.70 bits per heavy atom.